The van der Waals surface area contributed by atoms with Gasteiger partial charge in [0.05, 0.1) is 16.2 Å². The van der Waals surface area contributed by atoms with E-state index in [1.54, 1.807) is 0 Å². The molecule has 0 saturated heterocycles. The highest BCUT2D eigenvalue weighted by molar-refractivity contribution is 9.10. The molecule has 1 rings (SSSR count). The van der Waals surface area contributed by atoms with Gasteiger partial charge in [-0.05, 0) is 47.5 Å². The third kappa shape index (κ3) is 3.73. The number of hydrogen-bond donors (Lipinski definition) is 1. The number of halogens is 1. The van der Waals surface area contributed by atoms with Gasteiger partial charge in [0.25, 0.3) is 0 Å². The van der Waals surface area contributed by atoms with Crippen molar-refractivity contribution in [3.8, 4) is 0 Å². The van der Waals surface area contributed by atoms with Crippen molar-refractivity contribution in [1.29, 1.82) is 0 Å². The minimum atomic E-state index is 0.403. The molecule has 1 heterocycles. The number of nitrogens with zero attached hydrogens (tertiary/aromatic N) is 2. The van der Waals surface area contributed by atoms with Gasteiger partial charge in [-0.25, -0.2) is 4.68 Å². The maximum atomic E-state index is 6.11. The molecule has 0 saturated carbocycles. The number of nitrogens with two attached hydrogens (primary N) is 1. The van der Waals surface area contributed by atoms with Crippen molar-refractivity contribution in [3.63, 3.8) is 0 Å². The molecule has 17 heavy (non-hydrogen) atoms. The van der Waals surface area contributed by atoms with E-state index in [0.717, 1.165) is 28.8 Å². The third-order valence-corrected chi connectivity index (χ3v) is 3.86. The predicted molar refractivity (Wildman–Crippen MR) is 77.0 cm³/mol. The minimum absolute atomic E-state index is 0.403. The quantitative estimate of drug-likeness (QED) is 0.887. The van der Waals surface area contributed by atoms with Crippen molar-refractivity contribution in [2.45, 2.75) is 53.5 Å². The van der Waals surface area contributed by atoms with E-state index < -0.39 is 0 Å². The molecule has 4 heteroatoms. The van der Waals surface area contributed by atoms with Crippen molar-refractivity contribution in [2.75, 3.05) is 5.73 Å². The van der Waals surface area contributed by atoms with Crippen LogP contribution in [0.4, 0.5) is 5.82 Å². The topological polar surface area (TPSA) is 43.8 Å². The van der Waals surface area contributed by atoms with Crippen LogP contribution in [0, 0.1) is 18.8 Å². The fraction of sp³-hybridized carbons (Fsp3) is 0.769. The molecule has 0 aliphatic heterocycles. The van der Waals surface area contributed by atoms with E-state index in [1.165, 1.54) is 0 Å². The number of anilines is 1. The van der Waals surface area contributed by atoms with E-state index in [4.69, 9.17) is 5.73 Å². The summed E-state index contributed by atoms with van der Waals surface area (Å²) in [5, 5.41) is 4.56. The fourth-order valence-corrected chi connectivity index (χ4v) is 2.47. The largest absolute Gasteiger partial charge is 0.383 e. The zero-order valence-corrected chi connectivity index (χ0v) is 13.1. The highest BCUT2D eigenvalue weighted by atomic mass is 79.9. The van der Waals surface area contributed by atoms with Gasteiger partial charge >= 0.3 is 0 Å². The third-order valence-electron chi connectivity index (χ3n) is 2.88. The number of hydrogen-bond acceptors (Lipinski definition) is 2. The molecule has 98 valence electrons. The molecule has 2 N–H and O–H groups in total. The first-order valence-electron chi connectivity index (χ1n) is 6.33. The Morgan fingerprint density at radius 3 is 1.94 bits per heavy atom. The Labute approximate surface area is 113 Å². The lowest BCUT2D eigenvalue weighted by molar-refractivity contribution is 0.319. The van der Waals surface area contributed by atoms with Crippen molar-refractivity contribution in [2.24, 2.45) is 11.8 Å². The molecular weight excluding hydrogens is 278 g/mol. The van der Waals surface area contributed by atoms with Crippen molar-refractivity contribution in [3.05, 3.63) is 10.2 Å². The van der Waals surface area contributed by atoms with Crippen molar-refractivity contribution >= 4 is 21.7 Å². The SMILES string of the molecule is Cc1nn(C(CC(C)C)CC(C)C)c(N)c1Br. The standard InChI is InChI=1S/C13H24BrN3/c1-8(2)6-11(7-9(3)4)17-13(15)12(14)10(5)16-17/h8-9,11H,6-7,15H2,1-5H3. The van der Waals surface area contributed by atoms with Crippen LogP contribution in [0.5, 0.6) is 0 Å². The maximum absolute atomic E-state index is 6.11. The second-order valence-corrected chi connectivity index (χ2v) is 6.44. The summed E-state index contributed by atoms with van der Waals surface area (Å²) in [5.41, 5.74) is 7.08. The Morgan fingerprint density at radius 1 is 1.18 bits per heavy atom. The summed E-state index contributed by atoms with van der Waals surface area (Å²) in [6.07, 6.45) is 2.24. The zero-order chi connectivity index (χ0) is 13.2. The van der Waals surface area contributed by atoms with Crippen LogP contribution in [-0.2, 0) is 0 Å². The van der Waals surface area contributed by atoms with Crippen LogP contribution >= 0.6 is 15.9 Å². The summed E-state index contributed by atoms with van der Waals surface area (Å²) in [6.45, 7) is 11.0. The molecule has 0 aromatic carbocycles. The number of rotatable bonds is 5. The van der Waals surface area contributed by atoms with E-state index >= 15 is 0 Å². The predicted octanol–water partition coefficient (Wildman–Crippen LogP) is 4.17. The Kier molecular flexibility index (Phi) is 5.04. The second-order valence-electron chi connectivity index (χ2n) is 5.64. The molecule has 0 spiro atoms. The van der Waals surface area contributed by atoms with E-state index in [9.17, 15) is 0 Å². The van der Waals surface area contributed by atoms with Gasteiger partial charge < -0.3 is 5.73 Å². The molecular formula is C13H24BrN3. The van der Waals surface area contributed by atoms with Crippen LogP contribution in [0.2, 0.25) is 0 Å². The van der Waals surface area contributed by atoms with Gasteiger partial charge in [-0.15, -0.1) is 0 Å². The van der Waals surface area contributed by atoms with Gasteiger partial charge in [-0.1, -0.05) is 27.7 Å². The molecule has 0 amide bonds. The molecule has 0 bridgehead atoms. The average molecular weight is 302 g/mol. The highest BCUT2D eigenvalue weighted by Gasteiger charge is 2.20. The number of aryl methyl sites for hydroxylation is 1. The van der Waals surface area contributed by atoms with Crippen molar-refractivity contribution < 1.29 is 0 Å². The van der Waals surface area contributed by atoms with Crippen LogP contribution in [0.25, 0.3) is 0 Å². The first-order chi connectivity index (χ1) is 7.82. The lowest BCUT2D eigenvalue weighted by atomic mass is 9.96. The Bertz CT molecular complexity index is 359. The highest BCUT2D eigenvalue weighted by Crippen LogP contribution is 2.31. The first-order valence-corrected chi connectivity index (χ1v) is 7.12. The van der Waals surface area contributed by atoms with Crippen LogP contribution in [-0.4, -0.2) is 9.78 Å². The summed E-state index contributed by atoms with van der Waals surface area (Å²) < 4.78 is 2.94. The lowest BCUT2D eigenvalue weighted by Crippen LogP contribution is -2.17. The summed E-state index contributed by atoms with van der Waals surface area (Å²) in [5.74, 6) is 2.07. The monoisotopic (exact) mass is 301 g/mol. The summed E-state index contributed by atoms with van der Waals surface area (Å²) in [6, 6.07) is 0.403. The first kappa shape index (κ1) is 14.6. The Balaban J connectivity index is 2.99. The van der Waals surface area contributed by atoms with Crippen LogP contribution in [0.15, 0.2) is 4.47 Å². The maximum Gasteiger partial charge on any atom is 0.136 e. The van der Waals surface area contributed by atoms with Crippen LogP contribution in [0.1, 0.15) is 52.3 Å². The Hall–Kier alpha value is -0.510. The molecule has 0 fully saturated rings. The van der Waals surface area contributed by atoms with Gasteiger partial charge in [-0.2, -0.15) is 5.10 Å². The second kappa shape index (κ2) is 5.89. The van der Waals surface area contributed by atoms with Crippen LogP contribution in [0.3, 0.4) is 0 Å². The fourth-order valence-electron chi connectivity index (χ4n) is 2.21. The van der Waals surface area contributed by atoms with Crippen molar-refractivity contribution in [1.82, 2.24) is 9.78 Å². The lowest BCUT2D eigenvalue weighted by Gasteiger charge is -2.22. The molecule has 3 nitrogen and oxygen atoms in total. The van der Waals surface area contributed by atoms with E-state index in [1.807, 2.05) is 11.6 Å². The molecule has 0 unspecified atom stereocenters. The summed E-state index contributed by atoms with van der Waals surface area (Å²) in [4.78, 5) is 0. The average Bonchev–Trinajstić information content (AvgIpc) is 2.43. The molecule has 0 atom stereocenters. The van der Waals surface area contributed by atoms with Gasteiger partial charge in [-0.3, -0.25) is 0 Å². The number of nitrogen functional groups attached to an aromatic ring is 1. The molecule has 0 radical (unpaired) electrons. The summed E-state index contributed by atoms with van der Waals surface area (Å²) >= 11 is 3.49. The normalized spacial score (nSPS) is 12.1. The van der Waals surface area contributed by atoms with Gasteiger partial charge in [0, 0.05) is 0 Å². The van der Waals surface area contributed by atoms with E-state index in [2.05, 4.69) is 48.7 Å². The number of aromatic nitrogens is 2. The van der Waals surface area contributed by atoms with E-state index in [-0.39, 0.29) is 0 Å². The van der Waals surface area contributed by atoms with E-state index in [0.29, 0.717) is 17.9 Å². The molecule has 0 aliphatic carbocycles. The summed E-state index contributed by atoms with van der Waals surface area (Å²) in [7, 11) is 0. The van der Waals surface area contributed by atoms with Gasteiger partial charge in [0.2, 0.25) is 0 Å². The Morgan fingerprint density at radius 2 is 1.65 bits per heavy atom. The minimum Gasteiger partial charge on any atom is -0.383 e. The smallest absolute Gasteiger partial charge is 0.136 e. The van der Waals surface area contributed by atoms with Gasteiger partial charge in [0.15, 0.2) is 0 Å². The van der Waals surface area contributed by atoms with Gasteiger partial charge in [0.1, 0.15) is 5.82 Å². The molecule has 1 aromatic rings. The molecule has 0 aliphatic rings. The molecule has 1 aromatic heterocycles. The zero-order valence-electron chi connectivity index (χ0n) is 11.5. The van der Waals surface area contributed by atoms with Crippen LogP contribution < -0.4 is 5.73 Å².